The van der Waals surface area contributed by atoms with E-state index >= 15 is 0 Å². The van der Waals surface area contributed by atoms with Crippen molar-refractivity contribution in [1.82, 2.24) is 9.97 Å². The zero-order valence-corrected chi connectivity index (χ0v) is 13.5. The molecule has 0 aliphatic carbocycles. The van der Waals surface area contributed by atoms with E-state index in [0.29, 0.717) is 0 Å². The molecule has 2 rings (SSSR count). The Labute approximate surface area is 127 Å². The fourth-order valence-corrected chi connectivity index (χ4v) is 2.11. The van der Waals surface area contributed by atoms with Crippen molar-refractivity contribution in [3.05, 3.63) is 41.7 Å². The summed E-state index contributed by atoms with van der Waals surface area (Å²) in [4.78, 5) is 8.58. The van der Waals surface area contributed by atoms with Gasteiger partial charge in [-0.1, -0.05) is 32.9 Å². The minimum Gasteiger partial charge on any atom is -0.370 e. The summed E-state index contributed by atoms with van der Waals surface area (Å²) in [5, 5.41) is 6.60. The average molecular weight is 284 g/mol. The van der Waals surface area contributed by atoms with E-state index in [2.05, 4.69) is 72.6 Å². The topological polar surface area (TPSA) is 49.8 Å². The standard InChI is InChI=1S/C17H24N4/c1-6-18-15-12(2)16(20-11-19-15)21-14-9-7-13(8-10-14)17(3,4)5/h7-11H,6H2,1-5H3,(H2,18,19,20,21). The molecule has 0 spiro atoms. The van der Waals surface area contributed by atoms with Crippen LogP contribution in [0.5, 0.6) is 0 Å². The van der Waals surface area contributed by atoms with Crippen LogP contribution in [0.4, 0.5) is 17.3 Å². The lowest BCUT2D eigenvalue weighted by molar-refractivity contribution is 0.590. The molecule has 4 heteroatoms. The van der Waals surface area contributed by atoms with Crippen molar-refractivity contribution >= 4 is 17.3 Å². The Morgan fingerprint density at radius 3 is 2.19 bits per heavy atom. The van der Waals surface area contributed by atoms with Crippen molar-refractivity contribution in [1.29, 1.82) is 0 Å². The van der Waals surface area contributed by atoms with E-state index in [0.717, 1.165) is 29.4 Å². The molecular weight excluding hydrogens is 260 g/mol. The second kappa shape index (κ2) is 6.12. The van der Waals surface area contributed by atoms with Gasteiger partial charge in [0.05, 0.1) is 0 Å². The second-order valence-electron chi connectivity index (χ2n) is 6.18. The quantitative estimate of drug-likeness (QED) is 0.881. The molecule has 21 heavy (non-hydrogen) atoms. The zero-order valence-electron chi connectivity index (χ0n) is 13.5. The number of benzene rings is 1. The van der Waals surface area contributed by atoms with Gasteiger partial charge in [-0.2, -0.15) is 0 Å². The van der Waals surface area contributed by atoms with E-state index in [1.165, 1.54) is 5.56 Å². The highest BCUT2D eigenvalue weighted by Crippen LogP contribution is 2.26. The van der Waals surface area contributed by atoms with Crippen LogP contribution in [0.2, 0.25) is 0 Å². The molecule has 0 fully saturated rings. The van der Waals surface area contributed by atoms with E-state index in [9.17, 15) is 0 Å². The van der Waals surface area contributed by atoms with Crippen LogP contribution < -0.4 is 10.6 Å². The minimum absolute atomic E-state index is 0.168. The molecule has 4 nitrogen and oxygen atoms in total. The Morgan fingerprint density at radius 2 is 1.62 bits per heavy atom. The SMILES string of the molecule is CCNc1ncnc(Nc2ccc(C(C)(C)C)cc2)c1C. The molecule has 0 atom stereocenters. The van der Waals surface area contributed by atoms with E-state index in [1.54, 1.807) is 6.33 Å². The highest BCUT2D eigenvalue weighted by atomic mass is 15.1. The Bertz CT molecular complexity index is 597. The zero-order chi connectivity index (χ0) is 15.5. The molecule has 1 heterocycles. The summed E-state index contributed by atoms with van der Waals surface area (Å²) in [7, 11) is 0. The molecule has 0 bridgehead atoms. The molecule has 2 aromatic rings. The molecule has 1 aromatic carbocycles. The van der Waals surface area contributed by atoms with Gasteiger partial charge in [-0.05, 0) is 37.0 Å². The van der Waals surface area contributed by atoms with Crippen molar-refractivity contribution < 1.29 is 0 Å². The van der Waals surface area contributed by atoms with Crippen molar-refractivity contribution in [3.63, 3.8) is 0 Å². The first-order valence-electron chi connectivity index (χ1n) is 7.35. The minimum atomic E-state index is 0.168. The fraction of sp³-hybridized carbons (Fsp3) is 0.412. The maximum atomic E-state index is 4.33. The predicted molar refractivity (Wildman–Crippen MR) is 89.4 cm³/mol. The maximum Gasteiger partial charge on any atom is 0.138 e. The summed E-state index contributed by atoms with van der Waals surface area (Å²) >= 11 is 0. The van der Waals surface area contributed by atoms with Gasteiger partial charge >= 0.3 is 0 Å². The van der Waals surface area contributed by atoms with Gasteiger partial charge in [-0.15, -0.1) is 0 Å². The number of aromatic nitrogens is 2. The molecule has 112 valence electrons. The highest BCUT2D eigenvalue weighted by Gasteiger charge is 2.13. The lowest BCUT2D eigenvalue weighted by atomic mass is 9.87. The van der Waals surface area contributed by atoms with Gasteiger partial charge in [0.2, 0.25) is 0 Å². The third-order valence-electron chi connectivity index (χ3n) is 3.44. The van der Waals surface area contributed by atoms with Gasteiger partial charge in [0.1, 0.15) is 18.0 Å². The van der Waals surface area contributed by atoms with Crippen LogP contribution in [-0.4, -0.2) is 16.5 Å². The van der Waals surface area contributed by atoms with Gasteiger partial charge in [-0.3, -0.25) is 0 Å². The lowest BCUT2D eigenvalue weighted by Crippen LogP contribution is -2.10. The summed E-state index contributed by atoms with van der Waals surface area (Å²) in [6.45, 7) is 11.6. The summed E-state index contributed by atoms with van der Waals surface area (Å²) < 4.78 is 0. The highest BCUT2D eigenvalue weighted by molar-refractivity contribution is 5.64. The molecule has 1 aromatic heterocycles. The van der Waals surface area contributed by atoms with Crippen LogP contribution in [0.25, 0.3) is 0 Å². The molecule has 0 aliphatic heterocycles. The first-order chi connectivity index (χ1) is 9.91. The molecule has 0 amide bonds. The number of hydrogen-bond donors (Lipinski definition) is 2. The van der Waals surface area contributed by atoms with Gasteiger partial charge < -0.3 is 10.6 Å². The summed E-state index contributed by atoms with van der Waals surface area (Å²) in [5.74, 6) is 1.71. The molecule has 0 saturated carbocycles. The Morgan fingerprint density at radius 1 is 1.00 bits per heavy atom. The Kier molecular flexibility index (Phi) is 4.46. The predicted octanol–water partition coefficient (Wildman–Crippen LogP) is 4.26. The van der Waals surface area contributed by atoms with E-state index in [4.69, 9.17) is 0 Å². The normalized spacial score (nSPS) is 11.3. The third-order valence-corrected chi connectivity index (χ3v) is 3.44. The van der Waals surface area contributed by atoms with E-state index in [-0.39, 0.29) is 5.41 Å². The van der Waals surface area contributed by atoms with Gasteiger partial charge in [0.25, 0.3) is 0 Å². The summed E-state index contributed by atoms with van der Waals surface area (Å²) in [6.07, 6.45) is 1.58. The van der Waals surface area contributed by atoms with Crippen molar-refractivity contribution in [2.24, 2.45) is 0 Å². The molecule has 0 unspecified atom stereocenters. The van der Waals surface area contributed by atoms with Crippen molar-refractivity contribution in [2.45, 2.75) is 40.0 Å². The fourth-order valence-electron chi connectivity index (χ4n) is 2.11. The molecular formula is C17H24N4. The lowest BCUT2D eigenvalue weighted by Gasteiger charge is -2.19. The van der Waals surface area contributed by atoms with Gasteiger partial charge in [0, 0.05) is 17.8 Å². The number of nitrogens with zero attached hydrogens (tertiary/aromatic N) is 2. The number of hydrogen-bond acceptors (Lipinski definition) is 4. The van der Waals surface area contributed by atoms with Crippen LogP contribution in [0.15, 0.2) is 30.6 Å². The monoisotopic (exact) mass is 284 g/mol. The molecule has 2 N–H and O–H groups in total. The van der Waals surface area contributed by atoms with Crippen LogP contribution in [0, 0.1) is 6.92 Å². The number of anilines is 3. The van der Waals surface area contributed by atoms with Gasteiger partial charge in [-0.25, -0.2) is 9.97 Å². The molecule has 0 radical (unpaired) electrons. The Hall–Kier alpha value is -2.10. The van der Waals surface area contributed by atoms with Crippen LogP contribution >= 0.6 is 0 Å². The number of rotatable bonds is 4. The van der Waals surface area contributed by atoms with E-state index < -0.39 is 0 Å². The summed E-state index contributed by atoms with van der Waals surface area (Å²) in [5.41, 5.74) is 3.55. The van der Waals surface area contributed by atoms with Crippen LogP contribution in [-0.2, 0) is 5.41 Å². The third kappa shape index (κ3) is 3.72. The molecule has 0 saturated heterocycles. The van der Waals surface area contributed by atoms with Crippen LogP contribution in [0.3, 0.4) is 0 Å². The van der Waals surface area contributed by atoms with Crippen molar-refractivity contribution in [3.8, 4) is 0 Å². The van der Waals surface area contributed by atoms with E-state index in [1.807, 2.05) is 6.92 Å². The van der Waals surface area contributed by atoms with Crippen LogP contribution in [0.1, 0.15) is 38.8 Å². The Balaban J connectivity index is 2.20. The summed E-state index contributed by atoms with van der Waals surface area (Å²) in [6, 6.07) is 8.50. The second-order valence-corrected chi connectivity index (χ2v) is 6.18. The number of nitrogens with one attached hydrogen (secondary N) is 2. The molecule has 0 aliphatic rings. The first kappa shape index (κ1) is 15.3. The van der Waals surface area contributed by atoms with Crippen molar-refractivity contribution in [2.75, 3.05) is 17.2 Å². The average Bonchev–Trinajstić information content (AvgIpc) is 2.43. The van der Waals surface area contributed by atoms with Gasteiger partial charge in [0.15, 0.2) is 0 Å². The smallest absolute Gasteiger partial charge is 0.138 e. The maximum absolute atomic E-state index is 4.33. The first-order valence-corrected chi connectivity index (χ1v) is 7.35. The largest absolute Gasteiger partial charge is 0.370 e.